The van der Waals surface area contributed by atoms with Crippen molar-refractivity contribution in [2.75, 3.05) is 4.90 Å². The van der Waals surface area contributed by atoms with E-state index in [0.29, 0.717) is 58.4 Å². The third-order valence-electron chi connectivity index (χ3n) is 5.42. The molecule has 5 aliphatic heterocycles. The van der Waals surface area contributed by atoms with Crippen LogP contribution in [0.4, 0.5) is 5.69 Å². The summed E-state index contributed by atoms with van der Waals surface area (Å²) in [4.78, 5) is 25.5. The molecule has 0 unspecified atom stereocenters. The number of rotatable bonds is 1. The van der Waals surface area contributed by atoms with E-state index in [1.807, 2.05) is 35.2 Å². The fourth-order valence-corrected chi connectivity index (χ4v) is 9.06. The van der Waals surface area contributed by atoms with Crippen molar-refractivity contribution in [2.24, 2.45) is 30.1 Å². The second-order valence-electron chi connectivity index (χ2n) is 7.63. The molecule has 0 fully saturated rings. The molecule has 6 rings (SSSR count). The van der Waals surface area contributed by atoms with Gasteiger partial charge in [0, 0.05) is 0 Å². The lowest BCUT2D eigenvalue weighted by atomic mass is 10.2. The highest BCUT2D eigenvalue weighted by Crippen LogP contribution is 2.46. The molecular weight excluding hydrogens is 1020 g/mol. The van der Waals surface area contributed by atoms with Gasteiger partial charge in [0.25, 0.3) is 11.9 Å². The Morgan fingerprint density at radius 1 is 0.553 bits per heavy atom. The van der Waals surface area contributed by atoms with Gasteiger partial charge in [0.1, 0.15) is 10.3 Å². The van der Waals surface area contributed by atoms with Crippen LogP contribution in [0.25, 0.3) is 0 Å². The lowest BCUT2D eigenvalue weighted by Crippen LogP contribution is -2.28. The maximum absolute atomic E-state index is 4.94. The van der Waals surface area contributed by atoms with E-state index in [0.717, 1.165) is 23.6 Å². The number of hydrazone groups is 1. The second kappa shape index (κ2) is 10.7. The van der Waals surface area contributed by atoms with Crippen LogP contribution in [0.3, 0.4) is 0 Å². The van der Waals surface area contributed by atoms with Crippen LogP contribution in [0.15, 0.2) is 109 Å². The van der Waals surface area contributed by atoms with Crippen molar-refractivity contribution < 1.29 is 0 Å². The molecule has 0 spiro atoms. The molecule has 0 saturated heterocycles. The highest BCUT2D eigenvalue weighted by atomic mass is 79.9. The molecule has 16 heteroatoms. The normalized spacial score (nSPS) is 21.2. The summed E-state index contributed by atoms with van der Waals surface area (Å²) in [5.41, 5.74) is 7.03. The smallest absolute Gasteiger partial charge is 0.256 e. The molecule has 0 atom stereocenters. The molecule has 1 N–H and O–H groups in total. The Bertz CT molecular complexity index is 1700. The number of hydrogen-bond donors (Lipinski definition) is 1. The third kappa shape index (κ3) is 4.50. The Morgan fingerprint density at radius 3 is 1.76 bits per heavy atom. The number of fused-ring (bicyclic) bond motifs is 5. The molecule has 0 aromatic heterocycles. The number of benzene rings is 1. The maximum Gasteiger partial charge on any atom is 0.256 e. The molecule has 190 valence electrons. The van der Waals surface area contributed by atoms with E-state index in [-0.39, 0.29) is 5.96 Å². The van der Waals surface area contributed by atoms with E-state index in [4.69, 9.17) is 9.98 Å². The molecule has 0 aliphatic carbocycles. The highest BCUT2D eigenvalue weighted by Gasteiger charge is 2.35. The van der Waals surface area contributed by atoms with Gasteiger partial charge >= 0.3 is 0 Å². The lowest BCUT2D eigenvalue weighted by molar-refractivity contribution is 0.919. The monoisotopic (exact) mass is 1010 g/mol. The Morgan fingerprint density at radius 2 is 1.13 bits per heavy atom. The van der Waals surface area contributed by atoms with Gasteiger partial charge in [-0.15, -0.1) is 5.10 Å². The number of allylic oxidation sites excluding steroid dienone is 7. The average Bonchev–Trinajstić information content (AvgIpc) is 3.64. The van der Waals surface area contributed by atoms with Crippen molar-refractivity contribution in [1.29, 1.82) is 0 Å². The van der Waals surface area contributed by atoms with Gasteiger partial charge in [-0.1, -0.05) is 18.2 Å². The number of aliphatic imine (C=N–C) groups is 5. The zero-order valence-electron chi connectivity index (χ0n) is 18.0. The zero-order valence-corrected chi connectivity index (χ0v) is 30.7. The Balaban J connectivity index is 1.67. The first-order valence-corrected chi connectivity index (χ1v) is 16.6. The molecule has 0 radical (unpaired) electrons. The van der Waals surface area contributed by atoms with Crippen LogP contribution in [0, 0.1) is 0 Å². The summed E-state index contributed by atoms with van der Waals surface area (Å²) in [6.07, 6.45) is 0. The summed E-state index contributed by atoms with van der Waals surface area (Å²) >= 11 is 29.4. The van der Waals surface area contributed by atoms with Gasteiger partial charge < -0.3 is 0 Å². The van der Waals surface area contributed by atoms with Crippen molar-refractivity contribution in [3.8, 4) is 0 Å². The average molecular weight is 1020 g/mol. The number of hydrogen-bond acceptors (Lipinski definition) is 8. The van der Waals surface area contributed by atoms with Gasteiger partial charge in [0.05, 0.1) is 59.9 Å². The number of halogens is 8. The summed E-state index contributed by atoms with van der Waals surface area (Å²) in [6.45, 7) is 0. The third-order valence-corrected chi connectivity index (χ3v) is 12.4. The van der Waals surface area contributed by atoms with Crippen LogP contribution in [0.1, 0.15) is 0 Å². The molecular formula is C22H6Br8N8. The van der Waals surface area contributed by atoms with E-state index >= 15 is 0 Å². The first kappa shape index (κ1) is 27.5. The maximum atomic E-state index is 4.94. The van der Waals surface area contributed by atoms with Gasteiger partial charge in [-0.25, -0.2) is 20.0 Å². The quantitative estimate of drug-likeness (QED) is 0.306. The molecule has 0 amide bonds. The molecule has 1 aromatic rings. The van der Waals surface area contributed by atoms with Crippen molar-refractivity contribution in [1.82, 2.24) is 5.43 Å². The van der Waals surface area contributed by atoms with Crippen molar-refractivity contribution in [2.45, 2.75) is 0 Å². The van der Waals surface area contributed by atoms with Crippen LogP contribution in [-0.2, 0) is 0 Å². The minimum absolute atomic E-state index is 0.224. The lowest BCUT2D eigenvalue weighted by Gasteiger charge is -2.20. The van der Waals surface area contributed by atoms with Crippen molar-refractivity contribution in [3.63, 3.8) is 0 Å². The number of guanidine groups is 2. The Hall–Kier alpha value is -0.620. The highest BCUT2D eigenvalue weighted by molar-refractivity contribution is 9.19. The zero-order chi connectivity index (χ0) is 26.9. The van der Waals surface area contributed by atoms with Gasteiger partial charge in [0.2, 0.25) is 0 Å². The molecule has 1 aromatic carbocycles. The summed E-state index contributed by atoms with van der Waals surface area (Å²) in [7, 11) is 0. The van der Waals surface area contributed by atoms with Crippen LogP contribution in [0.2, 0.25) is 0 Å². The van der Waals surface area contributed by atoms with Crippen LogP contribution >= 0.6 is 127 Å². The number of para-hydroxylation sites is 1. The van der Waals surface area contributed by atoms with E-state index in [1.165, 1.54) is 0 Å². The minimum Gasteiger partial charge on any atom is -0.261 e. The van der Waals surface area contributed by atoms with Crippen LogP contribution in [-0.4, -0.2) is 33.7 Å². The van der Waals surface area contributed by atoms with Crippen molar-refractivity contribution in [3.05, 3.63) is 78.9 Å². The summed E-state index contributed by atoms with van der Waals surface area (Å²) in [5, 5.41) is 4.49. The first-order valence-electron chi connectivity index (χ1n) is 10.3. The Kier molecular flexibility index (Phi) is 7.72. The van der Waals surface area contributed by atoms with Crippen molar-refractivity contribution >= 4 is 167 Å². The van der Waals surface area contributed by atoms with Gasteiger partial charge in [-0.3, -0.25) is 10.3 Å². The molecule has 8 nitrogen and oxygen atoms in total. The number of nitrogens with one attached hydrogen (secondary N) is 1. The fourth-order valence-electron chi connectivity index (χ4n) is 3.69. The molecule has 5 aliphatic rings. The van der Waals surface area contributed by atoms with E-state index in [9.17, 15) is 0 Å². The van der Waals surface area contributed by atoms with Gasteiger partial charge in [-0.05, 0) is 140 Å². The SMILES string of the molecule is BrC1=NC2=NC3=NNC(=C(Br)C4=NC(=C(Br)C5=NC(=C(Br)C1=N2)C(Br)=C5Br)C(Br)=C4Br)N3c1ccccc1. The first-order chi connectivity index (χ1) is 18.2. The van der Waals surface area contributed by atoms with E-state index in [1.54, 1.807) is 0 Å². The van der Waals surface area contributed by atoms with Gasteiger partial charge in [0.15, 0.2) is 5.82 Å². The predicted octanol–water partition coefficient (Wildman–Crippen LogP) is 8.67. The summed E-state index contributed by atoms with van der Waals surface area (Å²) in [5.74, 6) is 1.19. The van der Waals surface area contributed by atoms with E-state index < -0.39 is 0 Å². The predicted molar refractivity (Wildman–Crippen MR) is 183 cm³/mol. The molecule has 8 bridgehead atoms. The summed E-state index contributed by atoms with van der Waals surface area (Å²) in [6, 6.07) is 9.74. The standard InChI is InChI=1S/C22H6Br8N8/c23-7-8(24)16-12(28)18-19(30)34-21(33-18)35-22-37-36-20(38(22)6-4-2-1-3-5-6)13(29)17-10(26)9(25)15(32-17)11(27)14(7)31-16/h1-5,36H. The van der Waals surface area contributed by atoms with Crippen LogP contribution in [0.5, 0.6) is 0 Å². The van der Waals surface area contributed by atoms with Gasteiger partial charge in [-0.2, -0.15) is 4.99 Å². The van der Waals surface area contributed by atoms with Crippen LogP contribution < -0.4 is 10.3 Å². The Labute approximate surface area is 282 Å². The fraction of sp³-hybridized carbons (Fsp3) is 0. The summed E-state index contributed by atoms with van der Waals surface area (Å²) < 4.78 is 5.43. The molecule has 5 heterocycles. The molecule has 38 heavy (non-hydrogen) atoms. The second-order valence-corrected chi connectivity index (χ2v) is 13.9. The topological polar surface area (TPSA) is 89.4 Å². The number of nitrogens with zero attached hydrogens (tertiary/aromatic N) is 7. The van der Waals surface area contributed by atoms with E-state index in [2.05, 4.69) is 153 Å². The minimum atomic E-state index is 0.224. The largest absolute Gasteiger partial charge is 0.261 e. The molecule has 0 saturated carbocycles. The number of anilines is 1.